The molecule has 1 aliphatic rings. The van der Waals surface area contributed by atoms with Crippen molar-refractivity contribution in [1.29, 1.82) is 0 Å². The second-order valence-corrected chi connectivity index (χ2v) is 9.29. The van der Waals surface area contributed by atoms with E-state index >= 15 is 0 Å². The van der Waals surface area contributed by atoms with Crippen molar-refractivity contribution in [2.45, 2.75) is 65.1 Å². The predicted octanol–water partition coefficient (Wildman–Crippen LogP) is 3.90. The van der Waals surface area contributed by atoms with Crippen molar-refractivity contribution in [2.24, 2.45) is 0 Å². The fourth-order valence-electron chi connectivity index (χ4n) is 3.94. The van der Waals surface area contributed by atoms with Crippen molar-refractivity contribution in [3.05, 3.63) is 23.8 Å². The summed E-state index contributed by atoms with van der Waals surface area (Å²) in [6, 6.07) is 6.47. The number of hydrogen-bond donors (Lipinski definition) is 1. The number of methoxy groups -OCH3 is 2. The van der Waals surface area contributed by atoms with E-state index in [1.54, 1.807) is 14.2 Å². The summed E-state index contributed by atoms with van der Waals surface area (Å²) in [5, 5.41) is 2.87. The highest BCUT2D eigenvalue weighted by molar-refractivity contribution is 5.67. The highest BCUT2D eigenvalue weighted by atomic mass is 16.6. The molecule has 0 saturated carbocycles. The van der Waals surface area contributed by atoms with Crippen LogP contribution in [-0.2, 0) is 11.3 Å². The van der Waals surface area contributed by atoms with Crippen LogP contribution in [0, 0.1) is 0 Å². The zero-order valence-electron chi connectivity index (χ0n) is 20.2. The van der Waals surface area contributed by atoms with Crippen LogP contribution in [0.4, 0.5) is 4.79 Å². The minimum Gasteiger partial charge on any atom is -0.497 e. The molecule has 2 rings (SSSR count). The van der Waals surface area contributed by atoms with E-state index in [0.717, 1.165) is 43.1 Å². The number of alkyl carbamates (subject to hydrolysis) is 1. The van der Waals surface area contributed by atoms with Gasteiger partial charge in [0.15, 0.2) is 0 Å². The van der Waals surface area contributed by atoms with Crippen molar-refractivity contribution < 1.29 is 19.0 Å². The summed E-state index contributed by atoms with van der Waals surface area (Å²) in [5.41, 5.74) is 0.656. The van der Waals surface area contributed by atoms with Crippen molar-refractivity contribution in [2.75, 3.05) is 46.9 Å². The Bertz CT molecular complexity index is 684. The number of carbonyl (C=O) groups excluding carboxylic acids is 1. The molecule has 0 radical (unpaired) electrons. The number of nitrogens with one attached hydrogen (secondary N) is 1. The standard InChI is InChI=1S/C24H41N3O4/c1-19(27-14-7-8-15-27)17-26(13-9-12-25-23(28)31-24(2,3)4)18-20-10-11-21(29-5)16-22(20)30-6/h10-11,16,19H,7-9,12-15,17-18H2,1-6H3,(H,25,28)/t19-/m1/s1. The highest BCUT2D eigenvalue weighted by Crippen LogP contribution is 2.26. The van der Waals surface area contributed by atoms with E-state index in [1.807, 2.05) is 32.9 Å². The van der Waals surface area contributed by atoms with Gasteiger partial charge in [0.25, 0.3) is 0 Å². The Hall–Kier alpha value is -1.99. The van der Waals surface area contributed by atoms with Crippen LogP contribution in [0.5, 0.6) is 11.5 Å². The summed E-state index contributed by atoms with van der Waals surface area (Å²) in [7, 11) is 3.36. The lowest BCUT2D eigenvalue weighted by molar-refractivity contribution is 0.0524. The highest BCUT2D eigenvalue weighted by Gasteiger charge is 2.21. The van der Waals surface area contributed by atoms with E-state index in [4.69, 9.17) is 14.2 Å². The van der Waals surface area contributed by atoms with E-state index < -0.39 is 5.60 Å². The molecule has 1 fully saturated rings. The van der Waals surface area contributed by atoms with Crippen LogP contribution in [0.15, 0.2) is 18.2 Å². The van der Waals surface area contributed by atoms with Crippen LogP contribution in [0.2, 0.25) is 0 Å². The molecule has 176 valence electrons. The van der Waals surface area contributed by atoms with Crippen molar-refractivity contribution >= 4 is 6.09 Å². The molecule has 31 heavy (non-hydrogen) atoms. The van der Waals surface area contributed by atoms with E-state index in [0.29, 0.717) is 12.6 Å². The van der Waals surface area contributed by atoms with Gasteiger partial charge in [-0.15, -0.1) is 0 Å². The van der Waals surface area contributed by atoms with Gasteiger partial charge in [-0.3, -0.25) is 9.80 Å². The molecule has 0 bridgehead atoms. The lowest BCUT2D eigenvalue weighted by Crippen LogP contribution is -2.41. The third-order valence-electron chi connectivity index (χ3n) is 5.49. The number of ether oxygens (including phenoxy) is 3. The van der Waals surface area contributed by atoms with Gasteiger partial charge in [0.05, 0.1) is 14.2 Å². The minimum absolute atomic E-state index is 0.360. The third-order valence-corrected chi connectivity index (χ3v) is 5.49. The SMILES string of the molecule is COc1ccc(CN(CCCNC(=O)OC(C)(C)C)C[C@@H](C)N2CCCC2)c(OC)c1. The second kappa shape index (κ2) is 12.2. The molecule has 1 heterocycles. The van der Waals surface area contributed by atoms with E-state index in [2.05, 4.69) is 28.1 Å². The van der Waals surface area contributed by atoms with Gasteiger partial charge >= 0.3 is 6.09 Å². The van der Waals surface area contributed by atoms with Gasteiger partial charge in [-0.05, 0) is 66.1 Å². The fraction of sp³-hybridized carbons (Fsp3) is 0.708. The quantitative estimate of drug-likeness (QED) is 0.532. The maximum Gasteiger partial charge on any atom is 0.407 e. The first kappa shape index (κ1) is 25.3. The Morgan fingerprint density at radius 3 is 2.52 bits per heavy atom. The first-order valence-corrected chi connectivity index (χ1v) is 11.4. The van der Waals surface area contributed by atoms with E-state index in [-0.39, 0.29) is 6.09 Å². The lowest BCUT2D eigenvalue weighted by atomic mass is 10.1. The summed E-state index contributed by atoms with van der Waals surface area (Å²) in [4.78, 5) is 16.9. The van der Waals surface area contributed by atoms with Gasteiger partial charge in [-0.25, -0.2) is 4.79 Å². The number of likely N-dealkylation sites (tertiary alicyclic amines) is 1. The van der Waals surface area contributed by atoms with Crippen LogP contribution >= 0.6 is 0 Å². The van der Waals surface area contributed by atoms with Gasteiger partial charge in [0.2, 0.25) is 0 Å². The summed E-state index contributed by atoms with van der Waals surface area (Å²) in [6.45, 7) is 13.5. The van der Waals surface area contributed by atoms with E-state index in [1.165, 1.54) is 25.9 Å². The largest absolute Gasteiger partial charge is 0.497 e. The topological polar surface area (TPSA) is 63.3 Å². The van der Waals surface area contributed by atoms with Crippen LogP contribution in [-0.4, -0.2) is 74.5 Å². The maximum atomic E-state index is 11.9. The Kier molecular flexibility index (Phi) is 9.91. The third kappa shape index (κ3) is 8.95. The first-order chi connectivity index (χ1) is 14.7. The molecule has 1 saturated heterocycles. The van der Waals surface area contributed by atoms with Gasteiger partial charge < -0.3 is 19.5 Å². The fourth-order valence-corrected chi connectivity index (χ4v) is 3.94. The molecule has 0 aliphatic carbocycles. The molecular formula is C24H41N3O4. The molecule has 1 N–H and O–H groups in total. The minimum atomic E-state index is -0.480. The van der Waals surface area contributed by atoms with Gasteiger partial charge in [0.1, 0.15) is 17.1 Å². The van der Waals surface area contributed by atoms with Gasteiger partial charge in [-0.2, -0.15) is 0 Å². The molecule has 1 aliphatic heterocycles. The number of carbonyl (C=O) groups is 1. The van der Waals surface area contributed by atoms with Crippen molar-refractivity contribution in [3.63, 3.8) is 0 Å². The molecule has 1 amide bonds. The van der Waals surface area contributed by atoms with Crippen LogP contribution in [0.3, 0.4) is 0 Å². The monoisotopic (exact) mass is 435 g/mol. The number of amides is 1. The van der Waals surface area contributed by atoms with Crippen LogP contribution in [0.1, 0.15) is 52.5 Å². The molecule has 7 nitrogen and oxygen atoms in total. The normalized spacial score (nSPS) is 15.7. The smallest absolute Gasteiger partial charge is 0.407 e. The predicted molar refractivity (Wildman–Crippen MR) is 124 cm³/mol. The molecule has 1 aromatic rings. The Labute approximate surface area is 188 Å². The number of benzene rings is 1. The van der Waals surface area contributed by atoms with E-state index in [9.17, 15) is 4.79 Å². The Morgan fingerprint density at radius 1 is 1.19 bits per heavy atom. The average Bonchev–Trinajstić information content (AvgIpc) is 3.25. The van der Waals surface area contributed by atoms with Crippen LogP contribution < -0.4 is 14.8 Å². The first-order valence-electron chi connectivity index (χ1n) is 11.4. The zero-order chi connectivity index (χ0) is 22.9. The van der Waals surface area contributed by atoms with Gasteiger partial charge in [0, 0.05) is 43.9 Å². The maximum absolute atomic E-state index is 11.9. The molecule has 7 heteroatoms. The molecule has 1 aromatic carbocycles. The molecule has 0 spiro atoms. The number of nitrogens with zero attached hydrogens (tertiary/aromatic N) is 2. The molecule has 0 unspecified atom stereocenters. The summed E-state index contributed by atoms with van der Waals surface area (Å²) >= 11 is 0. The van der Waals surface area contributed by atoms with Crippen molar-refractivity contribution in [1.82, 2.24) is 15.1 Å². The number of hydrogen-bond acceptors (Lipinski definition) is 6. The van der Waals surface area contributed by atoms with Gasteiger partial charge in [-0.1, -0.05) is 6.07 Å². The average molecular weight is 436 g/mol. The summed E-state index contributed by atoms with van der Waals surface area (Å²) < 4.78 is 16.3. The number of rotatable bonds is 11. The Balaban J connectivity index is 1.97. The molecular weight excluding hydrogens is 394 g/mol. The lowest BCUT2D eigenvalue weighted by Gasteiger charge is -2.31. The van der Waals surface area contributed by atoms with Crippen LogP contribution in [0.25, 0.3) is 0 Å². The zero-order valence-corrected chi connectivity index (χ0v) is 20.2. The summed E-state index contributed by atoms with van der Waals surface area (Å²) in [5.74, 6) is 1.63. The molecule has 0 aromatic heterocycles. The second-order valence-electron chi connectivity index (χ2n) is 9.29. The summed E-state index contributed by atoms with van der Waals surface area (Å²) in [6.07, 6.45) is 3.07. The van der Waals surface area contributed by atoms with Crippen molar-refractivity contribution in [3.8, 4) is 11.5 Å². The molecule has 1 atom stereocenters. The Morgan fingerprint density at radius 2 is 1.90 bits per heavy atom.